The summed E-state index contributed by atoms with van der Waals surface area (Å²) in [5.41, 5.74) is 0.939. The fourth-order valence-electron chi connectivity index (χ4n) is 1.89. The Morgan fingerprint density at radius 2 is 1.94 bits per heavy atom. The smallest absolute Gasteiger partial charge is 0.242 e. The third-order valence-electron chi connectivity index (χ3n) is 2.82. The second-order valence-corrected chi connectivity index (χ2v) is 5.79. The number of para-hydroxylation sites is 1. The zero-order valence-corrected chi connectivity index (χ0v) is 12.5. The molecule has 1 amide bonds. The van der Waals surface area contributed by atoms with Gasteiger partial charge < -0.3 is 10.6 Å². The molecule has 0 saturated carbocycles. The van der Waals surface area contributed by atoms with Crippen LogP contribution < -0.4 is 10.6 Å². The minimum absolute atomic E-state index is 0.0881. The summed E-state index contributed by atoms with van der Waals surface area (Å²) >= 11 is 6.98. The molecule has 3 nitrogen and oxygen atoms in total. The molecule has 1 aliphatic rings. The monoisotopic (exact) mass is 360 g/mol. The second-order valence-electron chi connectivity index (χ2n) is 4.08. The molecule has 1 aliphatic heterocycles. The molecule has 1 aromatic rings. The molecule has 0 aliphatic carbocycles. The van der Waals surface area contributed by atoms with Gasteiger partial charge in [-0.05, 0) is 63.3 Å². The predicted octanol–water partition coefficient (Wildman–Crippen LogP) is 3.29. The Hall–Kier alpha value is -0.550. The third-order valence-corrected chi connectivity index (χ3v) is 4.14. The van der Waals surface area contributed by atoms with Gasteiger partial charge in [-0.3, -0.25) is 4.79 Å². The van der Waals surface area contributed by atoms with E-state index in [-0.39, 0.29) is 11.9 Å². The van der Waals surface area contributed by atoms with E-state index in [0.29, 0.717) is 0 Å². The van der Waals surface area contributed by atoms with Crippen molar-refractivity contribution >= 4 is 43.5 Å². The molecule has 1 heterocycles. The number of carbonyl (C=O) groups is 1. The molecule has 0 aromatic heterocycles. The largest absolute Gasteiger partial charge is 0.372 e. The van der Waals surface area contributed by atoms with Crippen molar-refractivity contribution in [2.45, 2.75) is 25.3 Å². The molecule has 2 N–H and O–H groups in total. The first-order valence-corrected chi connectivity index (χ1v) is 7.25. The molecule has 1 saturated heterocycles. The molecular weight excluding hydrogens is 348 g/mol. The molecule has 2 rings (SSSR count). The zero-order chi connectivity index (χ0) is 12.3. The predicted molar refractivity (Wildman–Crippen MR) is 76.1 cm³/mol. The average molecular weight is 362 g/mol. The van der Waals surface area contributed by atoms with Crippen molar-refractivity contribution in [3.05, 3.63) is 27.1 Å². The van der Waals surface area contributed by atoms with Crippen LogP contribution in [0.1, 0.15) is 19.3 Å². The number of halogens is 2. The maximum Gasteiger partial charge on any atom is 0.242 e. The Labute approximate surface area is 118 Å². The molecule has 1 atom stereocenters. The maximum atomic E-state index is 11.8. The minimum Gasteiger partial charge on any atom is -0.372 e. The Bertz CT molecular complexity index is 403. The van der Waals surface area contributed by atoms with E-state index in [1.165, 1.54) is 0 Å². The summed E-state index contributed by atoms with van der Waals surface area (Å²) in [6, 6.07) is 5.73. The number of hydrogen-bond donors (Lipinski definition) is 2. The fraction of sp³-hybridized carbons (Fsp3) is 0.417. The van der Waals surface area contributed by atoms with Crippen LogP contribution in [0.25, 0.3) is 0 Å². The van der Waals surface area contributed by atoms with E-state index in [0.717, 1.165) is 40.4 Å². The number of carbonyl (C=O) groups excluding carboxylic acids is 1. The van der Waals surface area contributed by atoms with Gasteiger partial charge in [0.2, 0.25) is 5.91 Å². The summed E-state index contributed by atoms with van der Waals surface area (Å²) in [6.07, 6.45) is 3.00. The van der Waals surface area contributed by atoms with Crippen molar-refractivity contribution < 1.29 is 4.79 Å². The van der Waals surface area contributed by atoms with Crippen LogP contribution in [0.5, 0.6) is 0 Å². The van der Waals surface area contributed by atoms with E-state index in [4.69, 9.17) is 0 Å². The summed E-state index contributed by atoms with van der Waals surface area (Å²) in [6.45, 7) is 0.786. The van der Waals surface area contributed by atoms with Gasteiger partial charge in [-0.2, -0.15) is 0 Å². The minimum atomic E-state index is -0.146. The van der Waals surface area contributed by atoms with Crippen LogP contribution in [-0.4, -0.2) is 18.5 Å². The molecule has 0 radical (unpaired) electrons. The van der Waals surface area contributed by atoms with Gasteiger partial charge in [-0.25, -0.2) is 0 Å². The molecule has 1 aromatic carbocycles. The molecular formula is C12H14Br2N2O. The molecule has 1 fully saturated rings. The van der Waals surface area contributed by atoms with Crippen LogP contribution in [0.2, 0.25) is 0 Å². The third kappa shape index (κ3) is 3.22. The van der Waals surface area contributed by atoms with E-state index in [2.05, 4.69) is 42.5 Å². The van der Waals surface area contributed by atoms with Crippen molar-refractivity contribution in [2.75, 3.05) is 11.9 Å². The lowest BCUT2D eigenvalue weighted by atomic mass is 10.1. The standard InChI is InChI=1S/C12H14Br2N2O/c13-8-4-3-5-9(14)11(8)16-10-6-1-2-7-15-12(10)17/h3-5,10,16H,1-2,6-7H2,(H,15,17). The Morgan fingerprint density at radius 3 is 2.65 bits per heavy atom. The lowest BCUT2D eigenvalue weighted by Crippen LogP contribution is -2.38. The highest BCUT2D eigenvalue weighted by atomic mass is 79.9. The SMILES string of the molecule is O=C1NCCCCC1Nc1c(Br)cccc1Br. The highest BCUT2D eigenvalue weighted by Crippen LogP contribution is 2.31. The normalized spacial score (nSPS) is 20.6. The molecule has 1 unspecified atom stereocenters. The van der Waals surface area contributed by atoms with Crippen LogP contribution in [0.4, 0.5) is 5.69 Å². The lowest BCUT2D eigenvalue weighted by Gasteiger charge is -2.18. The topological polar surface area (TPSA) is 41.1 Å². The van der Waals surface area contributed by atoms with Gasteiger partial charge in [-0.15, -0.1) is 0 Å². The number of benzene rings is 1. The van der Waals surface area contributed by atoms with Gasteiger partial charge in [-0.1, -0.05) is 6.07 Å². The van der Waals surface area contributed by atoms with E-state index in [9.17, 15) is 4.79 Å². The molecule has 0 spiro atoms. The second kappa shape index (κ2) is 5.87. The van der Waals surface area contributed by atoms with E-state index >= 15 is 0 Å². The van der Waals surface area contributed by atoms with Gasteiger partial charge in [0.25, 0.3) is 0 Å². The molecule has 5 heteroatoms. The first-order chi connectivity index (χ1) is 8.18. The van der Waals surface area contributed by atoms with Crippen molar-refractivity contribution in [3.8, 4) is 0 Å². The van der Waals surface area contributed by atoms with Crippen molar-refractivity contribution in [3.63, 3.8) is 0 Å². The van der Waals surface area contributed by atoms with Gasteiger partial charge in [0, 0.05) is 15.5 Å². The van der Waals surface area contributed by atoms with Crippen LogP contribution >= 0.6 is 31.9 Å². The number of hydrogen-bond acceptors (Lipinski definition) is 2. The Balaban J connectivity index is 2.16. The number of anilines is 1. The van der Waals surface area contributed by atoms with Gasteiger partial charge in [0.15, 0.2) is 0 Å². The molecule has 17 heavy (non-hydrogen) atoms. The fourth-order valence-corrected chi connectivity index (χ4v) is 3.11. The first-order valence-electron chi connectivity index (χ1n) is 5.67. The Kier molecular flexibility index (Phi) is 4.45. The van der Waals surface area contributed by atoms with Crippen molar-refractivity contribution in [1.29, 1.82) is 0 Å². The summed E-state index contributed by atoms with van der Waals surface area (Å²) in [5, 5.41) is 6.22. The average Bonchev–Trinajstić information content (AvgIpc) is 2.49. The van der Waals surface area contributed by atoms with Crippen LogP contribution in [0, 0.1) is 0 Å². The summed E-state index contributed by atoms with van der Waals surface area (Å²) < 4.78 is 1.92. The van der Waals surface area contributed by atoms with Crippen molar-refractivity contribution in [1.82, 2.24) is 5.32 Å². The number of rotatable bonds is 2. The maximum absolute atomic E-state index is 11.8. The summed E-state index contributed by atoms with van der Waals surface area (Å²) in [4.78, 5) is 11.8. The molecule has 0 bridgehead atoms. The highest BCUT2D eigenvalue weighted by Gasteiger charge is 2.21. The van der Waals surface area contributed by atoms with E-state index < -0.39 is 0 Å². The van der Waals surface area contributed by atoms with Gasteiger partial charge >= 0.3 is 0 Å². The van der Waals surface area contributed by atoms with Crippen molar-refractivity contribution in [2.24, 2.45) is 0 Å². The summed E-state index contributed by atoms with van der Waals surface area (Å²) in [5.74, 6) is 0.0881. The van der Waals surface area contributed by atoms with Crippen LogP contribution in [0.3, 0.4) is 0 Å². The zero-order valence-electron chi connectivity index (χ0n) is 9.30. The Morgan fingerprint density at radius 1 is 1.24 bits per heavy atom. The summed E-state index contributed by atoms with van der Waals surface area (Å²) in [7, 11) is 0. The number of nitrogens with one attached hydrogen (secondary N) is 2. The highest BCUT2D eigenvalue weighted by molar-refractivity contribution is 9.11. The van der Waals surface area contributed by atoms with Crippen LogP contribution in [-0.2, 0) is 4.79 Å². The van der Waals surface area contributed by atoms with E-state index in [1.54, 1.807) is 0 Å². The van der Waals surface area contributed by atoms with Crippen LogP contribution in [0.15, 0.2) is 27.1 Å². The number of amides is 1. The molecule has 92 valence electrons. The lowest BCUT2D eigenvalue weighted by molar-refractivity contribution is -0.121. The van der Waals surface area contributed by atoms with Gasteiger partial charge in [0.1, 0.15) is 6.04 Å². The van der Waals surface area contributed by atoms with E-state index in [1.807, 2.05) is 18.2 Å². The quantitative estimate of drug-likeness (QED) is 0.848. The van der Waals surface area contributed by atoms with Gasteiger partial charge in [0.05, 0.1) is 5.69 Å². The first kappa shape index (κ1) is 12.9.